The third-order valence-electron chi connectivity index (χ3n) is 13.9. The molecular weight excluding hydrogens is 1170 g/mol. The van der Waals surface area contributed by atoms with E-state index < -0.39 is 175 Å². The highest BCUT2D eigenvalue weighted by Gasteiger charge is 2.43. The summed E-state index contributed by atoms with van der Waals surface area (Å²) >= 11 is 0. The molecule has 500 valence electrons. The number of carbonyl (C=O) groups excluding carboxylic acids is 12. The number of cyclic esters (lactones) is 1. The van der Waals surface area contributed by atoms with Gasteiger partial charge in [0.25, 0.3) is 0 Å². The van der Waals surface area contributed by atoms with Gasteiger partial charge in [0.15, 0.2) is 24.2 Å². The summed E-state index contributed by atoms with van der Waals surface area (Å²) in [4.78, 5) is 173. The van der Waals surface area contributed by atoms with Gasteiger partial charge in [-0.2, -0.15) is 0 Å². The molecule has 1 saturated heterocycles. The van der Waals surface area contributed by atoms with Crippen LogP contribution in [0.3, 0.4) is 0 Å². The number of aliphatic hydroxyl groups is 4. The Kier molecular flexibility index (Phi) is 32.6. The number of carbonyl (C=O) groups is 12. The first-order valence-electron chi connectivity index (χ1n) is 29.6. The van der Waals surface area contributed by atoms with Crippen LogP contribution < -0.4 is 76.1 Å². The molecule has 1 aromatic rings. The van der Waals surface area contributed by atoms with Gasteiger partial charge in [0.05, 0.1) is 31.4 Å². The van der Waals surface area contributed by atoms with Gasteiger partial charge in [-0.15, -0.1) is 0 Å². The van der Waals surface area contributed by atoms with E-state index in [9.17, 15) is 73.2 Å². The second-order valence-electron chi connectivity index (χ2n) is 23.5. The average Bonchev–Trinajstić information content (AvgIpc) is 1.28. The van der Waals surface area contributed by atoms with E-state index in [4.69, 9.17) is 27.7 Å². The largest absolute Gasteiger partial charge is 0.453 e. The van der Waals surface area contributed by atoms with E-state index in [-0.39, 0.29) is 80.8 Å². The van der Waals surface area contributed by atoms with Crippen LogP contribution in [0.25, 0.3) is 0 Å². The number of amides is 11. The Morgan fingerprint density at radius 2 is 1.18 bits per heavy atom. The first-order chi connectivity index (χ1) is 41.6. The molecule has 0 spiro atoms. The number of hydrogen-bond acceptors (Lipinski definition) is 19. The van der Waals surface area contributed by atoms with Crippen LogP contribution in [0.5, 0.6) is 0 Å². The molecule has 1 heterocycles. The Labute approximate surface area is 517 Å². The molecule has 14 atom stereocenters. The predicted octanol–water partition coefficient (Wildman–Crippen LogP) is -5.68. The Morgan fingerprint density at radius 1 is 0.640 bits per heavy atom. The van der Waals surface area contributed by atoms with E-state index in [1.165, 1.54) is 44.2 Å². The van der Waals surface area contributed by atoms with Crippen molar-refractivity contribution < 1.29 is 82.7 Å². The number of aliphatic imine (C=N–C) groups is 1. The molecule has 0 aromatic heterocycles. The number of benzene rings is 1. The fourth-order valence-electron chi connectivity index (χ4n) is 9.13. The molecule has 1 unspecified atom stereocenters. The lowest BCUT2D eigenvalue weighted by Crippen LogP contribution is -2.64. The highest BCUT2D eigenvalue weighted by Crippen LogP contribution is 2.25. The van der Waals surface area contributed by atoms with Crippen LogP contribution in [0, 0.1) is 23.7 Å². The highest BCUT2D eigenvalue weighted by atomic mass is 16.5. The van der Waals surface area contributed by atoms with Crippen LogP contribution in [-0.2, 0) is 62.3 Å². The zero-order chi connectivity index (χ0) is 67.6. The standard InChI is InChI=1S/C57H95N15O17/c1-11-16-33-49(81)70-39(30(10)74)52(84)63-24-38(75)69-41(44(77)46(59)78)54(86)68-37(25-73)56(88)89-45(31-17-13-12-14-18-31)42(72-51(83)36(23-28(6)7)66-47(79)32(58)21-26(2)3)55(87)71-40(43(76)29(8)9)53(85)67-35(22-27(4)5)50(82)65-34(48(80)64-33)19-15-20-62-57(60)61/h12-14,17-18,26-30,32-37,39-45,73-74,76-77H,11,15-16,19-25,58H2,1-10H3,(H2,59,78)(H,63,84)(H,64,80)(H,65,82)(H,66,79)(H,67,85)(H,68,86)(H,69,75)(H,70,81)(H,71,87)(H,72,83)(H4,60,61,62)/t30-,32+,33?,34+,35-,36-,37-,39-,40-,41-,42-,43+,44-,45+/m0/s1. The second kappa shape index (κ2) is 37.7. The van der Waals surface area contributed by atoms with Crippen LogP contribution in [0.2, 0.25) is 0 Å². The molecule has 32 nitrogen and oxygen atoms in total. The molecule has 32 heteroatoms. The molecule has 1 aromatic carbocycles. The molecule has 1 fully saturated rings. The minimum Gasteiger partial charge on any atom is -0.453 e. The summed E-state index contributed by atoms with van der Waals surface area (Å²) in [5, 5.41) is 67.8. The van der Waals surface area contributed by atoms with Gasteiger partial charge in [-0.1, -0.05) is 99.1 Å². The molecule has 0 saturated carbocycles. The average molecular weight is 1260 g/mol. The fraction of sp³-hybridized carbons (Fsp3) is 0.667. The van der Waals surface area contributed by atoms with Crippen LogP contribution in [0.1, 0.15) is 126 Å². The number of guanidine groups is 1. The molecule has 0 aliphatic carbocycles. The highest BCUT2D eigenvalue weighted by molar-refractivity contribution is 6.00. The van der Waals surface area contributed by atoms with E-state index in [1.54, 1.807) is 34.6 Å². The van der Waals surface area contributed by atoms with E-state index in [0.29, 0.717) is 0 Å². The van der Waals surface area contributed by atoms with Crippen LogP contribution in [-0.4, -0.2) is 196 Å². The molecule has 1 aliphatic heterocycles. The van der Waals surface area contributed by atoms with E-state index in [1.807, 2.05) is 24.5 Å². The number of aliphatic hydroxyl groups excluding tert-OH is 4. The first kappa shape index (κ1) is 77.0. The van der Waals surface area contributed by atoms with Gasteiger partial charge in [0.2, 0.25) is 65.0 Å². The number of esters is 1. The third-order valence-corrected chi connectivity index (χ3v) is 13.9. The summed E-state index contributed by atoms with van der Waals surface area (Å²) in [5.41, 5.74) is 22.5. The zero-order valence-electron chi connectivity index (χ0n) is 52.2. The normalized spacial score (nSPS) is 24.5. The van der Waals surface area contributed by atoms with Gasteiger partial charge in [-0.3, -0.25) is 57.7 Å². The van der Waals surface area contributed by atoms with Crippen molar-refractivity contribution in [3.63, 3.8) is 0 Å². The Morgan fingerprint density at radius 3 is 1.71 bits per heavy atom. The molecule has 2 rings (SSSR count). The third kappa shape index (κ3) is 25.9. The summed E-state index contributed by atoms with van der Waals surface area (Å²) < 4.78 is 5.91. The topological polar surface area (TPSA) is 532 Å². The van der Waals surface area contributed by atoms with Crippen LogP contribution >= 0.6 is 0 Å². The smallest absolute Gasteiger partial charge is 0.331 e. The molecule has 0 bridgehead atoms. The van der Waals surface area contributed by atoms with Gasteiger partial charge in [0, 0.05) is 6.54 Å². The maximum atomic E-state index is 15.3. The van der Waals surface area contributed by atoms with E-state index in [0.717, 1.165) is 6.92 Å². The number of nitrogens with zero attached hydrogens (tertiary/aromatic N) is 1. The minimum atomic E-state index is -2.57. The Balaban J connectivity index is 3.11. The number of ether oxygens (including phenoxy) is 1. The maximum absolute atomic E-state index is 15.3. The Hall–Kier alpha value is -8.07. The lowest BCUT2D eigenvalue weighted by atomic mass is 9.95. The minimum absolute atomic E-state index is 0.0441. The molecule has 89 heavy (non-hydrogen) atoms. The van der Waals surface area contributed by atoms with Crippen LogP contribution in [0.4, 0.5) is 0 Å². The number of primary amides is 1. The number of hydrogen-bond donors (Lipinski definition) is 18. The fourth-order valence-corrected chi connectivity index (χ4v) is 9.13. The lowest BCUT2D eigenvalue weighted by molar-refractivity contribution is -0.159. The SMILES string of the molecule is CCCC1NC(=O)[C@@H](CCCN=C(N)N)NC(=O)[C@H](CC(C)C)NC(=O)[C@H]([C@H](O)C(C)C)NC(=O)[C@@H](NC(=O)[C@H](CC(C)C)NC(=O)[C@H](N)CC(C)C)[C@@H](c2ccccc2)OC(=O)[C@H](CO)NC(=O)[C@H]([C@H](O)C(N)=O)NC(=O)CNC(=O)[C@H]([C@H](C)O)NC1=O. The van der Waals surface area contributed by atoms with Crippen molar-refractivity contribution in [1.29, 1.82) is 0 Å². The summed E-state index contributed by atoms with van der Waals surface area (Å²) in [6, 6.07) is -10.7. The summed E-state index contributed by atoms with van der Waals surface area (Å²) in [7, 11) is 0. The summed E-state index contributed by atoms with van der Waals surface area (Å²) in [6.07, 6.45) is -8.08. The van der Waals surface area contributed by atoms with E-state index in [2.05, 4.69) is 47.5 Å². The first-order valence-corrected chi connectivity index (χ1v) is 29.6. The van der Waals surface area contributed by atoms with Crippen molar-refractivity contribution in [3.05, 3.63) is 35.9 Å². The summed E-state index contributed by atoms with van der Waals surface area (Å²) in [5.74, 6) is -16.4. The van der Waals surface area contributed by atoms with Crippen LogP contribution in [0.15, 0.2) is 35.3 Å². The molecule has 0 radical (unpaired) electrons. The number of nitrogens with two attached hydrogens (primary N) is 4. The van der Waals surface area contributed by atoms with E-state index >= 15 is 4.79 Å². The van der Waals surface area contributed by atoms with Gasteiger partial charge >= 0.3 is 5.97 Å². The molecular formula is C57H95N15O17. The lowest BCUT2D eigenvalue weighted by Gasteiger charge is -2.33. The molecule has 11 amide bonds. The zero-order valence-corrected chi connectivity index (χ0v) is 52.2. The summed E-state index contributed by atoms with van der Waals surface area (Å²) in [6.45, 7) is 13.8. The van der Waals surface area contributed by atoms with Crippen molar-refractivity contribution in [2.45, 2.75) is 199 Å². The maximum Gasteiger partial charge on any atom is 0.331 e. The predicted molar refractivity (Wildman–Crippen MR) is 322 cm³/mol. The molecule has 1 aliphatic rings. The van der Waals surface area contributed by atoms with Crippen molar-refractivity contribution in [2.75, 3.05) is 19.7 Å². The number of nitrogens with one attached hydrogen (secondary N) is 10. The van der Waals surface area contributed by atoms with Crippen molar-refractivity contribution >= 4 is 76.9 Å². The second-order valence-corrected chi connectivity index (χ2v) is 23.5. The van der Waals surface area contributed by atoms with Gasteiger partial charge in [-0.05, 0) is 74.7 Å². The monoisotopic (exact) mass is 1260 g/mol. The molecule has 22 N–H and O–H groups in total. The number of rotatable bonds is 23. The Bertz CT molecular complexity index is 2600. The van der Waals surface area contributed by atoms with Crippen molar-refractivity contribution in [3.8, 4) is 0 Å². The van der Waals surface area contributed by atoms with Gasteiger partial charge in [0.1, 0.15) is 48.3 Å². The quantitative estimate of drug-likeness (QED) is 0.0210. The van der Waals surface area contributed by atoms with Gasteiger partial charge in [-0.25, -0.2) is 4.79 Å². The van der Waals surface area contributed by atoms with Crippen molar-refractivity contribution in [1.82, 2.24) is 53.2 Å². The van der Waals surface area contributed by atoms with Crippen molar-refractivity contribution in [2.24, 2.45) is 51.6 Å². The van der Waals surface area contributed by atoms with Gasteiger partial charge < -0.3 is 101 Å².